The summed E-state index contributed by atoms with van der Waals surface area (Å²) in [5.74, 6) is 1.36. The molecule has 1 amide bonds. The van der Waals surface area contributed by atoms with Crippen molar-refractivity contribution in [2.45, 2.75) is 33.7 Å². The van der Waals surface area contributed by atoms with Crippen LogP contribution >= 0.6 is 11.6 Å². The molecule has 6 nitrogen and oxygen atoms in total. The van der Waals surface area contributed by atoms with Crippen molar-refractivity contribution in [1.29, 1.82) is 0 Å². The summed E-state index contributed by atoms with van der Waals surface area (Å²) >= 11 is 6.12. The van der Waals surface area contributed by atoms with Crippen LogP contribution < -0.4 is 15.4 Å². The molecule has 0 saturated carbocycles. The standard InChI is InChI=1S/C17H21ClN4O2/c1-9(2)19-17(23)14-8-16(21-11(4)20-14)22-13-6-10(3)12(18)7-15(13)24-5/h6-9H,1-5H3,(H,19,23)(H,20,21,22). The molecule has 2 rings (SSSR count). The van der Waals surface area contributed by atoms with E-state index in [9.17, 15) is 4.79 Å². The van der Waals surface area contributed by atoms with Gasteiger partial charge in [-0.15, -0.1) is 0 Å². The first-order valence-electron chi connectivity index (χ1n) is 7.58. The second-order valence-electron chi connectivity index (χ2n) is 5.74. The topological polar surface area (TPSA) is 76.1 Å². The predicted molar refractivity (Wildman–Crippen MR) is 95.4 cm³/mol. The SMILES string of the molecule is COc1cc(Cl)c(C)cc1Nc1cc(C(=O)NC(C)C)nc(C)n1. The van der Waals surface area contributed by atoms with Crippen LogP contribution in [0.15, 0.2) is 18.2 Å². The lowest BCUT2D eigenvalue weighted by atomic mass is 10.2. The largest absolute Gasteiger partial charge is 0.495 e. The highest BCUT2D eigenvalue weighted by molar-refractivity contribution is 6.31. The Hall–Kier alpha value is -2.34. The Morgan fingerprint density at radius 1 is 1.21 bits per heavy atom. The number of aromatic nitrogens is 2. The average molecular weight is 349 g/mol. The molecule has 0 spiro atoms. The first-order chi connectivity index (χ1) is 11.3. The van der Waals surface area contributed by atoms with Crippen LogP contribution in [-0.4, -0.2) is 29.0 Å². The summed E-state index contributed by atoms with van der Waals surface area (Å²) in [5, 5.41) is 6.60. The van der Waals surface area contributed by atoms with Gasteiger partial charge in [0.1, 0.15) is 23.1 Å². The molecule has 0 fully saturated rings. The van der Waals surface area contributed by atoms with Crippen molar-refractivity contribution in [1.82, 2.24) is 15.3 Å². The molecule has 2 N–H and O–H groups in total. The molecule has 0 unspecified atom stereocenters. The lowest BCUT2D eigenvalue weighted by Crippen LogP contribution is -2.31. The molecule has 7 heteroatoms. The van der Waals surface area contributed by atoms with E-state index in [1.165, 1.54) is 0 Å². The summed E-state index contributed by atoms with van der Waals surface area (Å²) in [6, 6.07) is 5.24. The molecular formula is C17H21ClN4O2. The molecule has 2 aromatic rings. The van der Waals surface area contributed by atoms with E-state index >= 15 is 0 Å². The first kappa shape index (κ1) is 18.0. The van der Waals surface area contributed by atoms with Gasteiger partial charge in [-0.2, -0.15) is 0 Å². The molecule has 0 radical (unpaired) electrons. The van der Waals surface area contributed by atoms with Gasteiger partial charge in [0.05, 0.1) is 12.8 Å². The highest BCUT2D eigenvalue weighted by atomic mass is 35.5. The van der Waals surface area contributed by atoms with E-state index in [2.05, 4.69) is 20.6 Å². The van der Waals surface area contributed by atoms with E-state index in [4.69, 9.17) is 16.3 Å². The minimum atomic E-state index is -0.238. The minimum absolute atomic E-state index is 0.0307. The molecule has 0 bridgehead atoms. The number of rotatable bonds is 5. The van der Waals surface area contributed by atoms with Gasteiger partial charge in [-0.25, -0.2) is 9.97 Å². The van der Waals surface area contributed by atoms with Crippen LogP contribution in [0.5, 0.6) is 5.75 Å². The van der Waals surface area contributed by atoms with Crippen LogP contribution in [-0.2, 0) is 0 Å². The number of anilines is 2. The van der Waals surface area contributed by atoms with E-state index < -0.39 is 0 Å². The van der Waals surface area contributed by atoms with Crippen molar-refractivity contribution in [2.24, 2.45) is 0 Å². The Kier molecular flexibility index (Phi) is 5.62. The molecule has 1 aromatic heterocycles. The number of nitrogens with one attached hydrogen (secondary N) is 2. The van der Waals surface area contributed by atoms with Crippen LogP contribution in [0.1, 0.15) is 35.7 Å². The Balaban J connectivity index is 2.35. The fraction of sp³-hybridized carbons (Fsp3) is 0.353. The zero-order valence-corrected chi connectivity index (χ0v) is 15.2. The third kappa shape index (κ3) is 4.35. The van der Waals surface area contributed by atoms with Crippen molar-refractivity contribution >= 4 is 29.0 Å². The number of nitrogens with zero attached hydrogens (tertiary/aromatic N) is 2. The smallest absolute Gasteiger partial charge is 0.270 e. The maximum Gasteiger partial charge on any atom is 0.270 e. The monoisotopic (exact) mass is 348 g/mol. The fourth-order valence-corrected chi connectivity index (χ4v) is 2.31. The van der Waals surface area contributed by atoms with Crippen LogP contribution in [0.3, 0.4) is 0 Å². The van der Waals surface area contributed by atoms with E-state index in [0.29, 0.717) is 33.8 Å². The number of benzene rings is 1. The molecule has 0 aliphatic heterocycles. The predicted octanol–water partition coefficient (Wildman–Crippen LogP) is 3.64. The molecule has 0 saturated heterocycles. The molecular weight excluding hydrogens is 328 g/mol. The Labute approximate surface area is 146 Å². The molecule has 1 aromatic carbocycles. The van der Waals surface area contributed by atoms with E-state index in [1.54, 1.807) is 26.2 Å². The van der Waals surface area contributed by atoms with Crippen LogP contribution in [0.25, 0.3) is 0 Å². The lowest BCUT2D eigenvalue weighted by Gasteiger charge is -2.14. The number of aryl methyl sites for hydroxylation is 2. The summed E-state index contributed by atoms with van der Waals surface area (Å²) in [6.07, 6.45) is 0. The number of hydrogen-bond donors (Lipinski definition) is 2. The van der Waals surface area contributed by atoms with Crippen LogP contribution in [0.2, 0.25) is 5.02 Å². The number of methoxy groups -OCH3 is 1. The third-order valence-electron chi connectivity index (χ3n) is 3.23. The summed E-state index contributed by atoms with van der Waals surface area (Å²) in [7, 11) is 1.57. The average Bonchev–Trinajstić information content (AvgIpc) is 2.49. The molecule has 24 heavy (non-hydrogen) atoms. The van der Waals surface area contributed by atoms with Gasteiger partial charge in [-0.1, -0.05) is 11.6 Å². The van der Waals surface area contributed by atoms with Gasteiger partial charge >= 0.3 is 0 Å². The number of carbonyl (C=O) groups is 1. The molecule has 0 aliphatic rings. The van der Waals surface area contributed by atoms with E-state index in [0.717, 1.165) is 5.56 Å². The van der Waals surface area contributed by atoms with Crippen molar-refractivity contribution in [3.8, 4) is 5.75 Å². The van der Waals surface area contributed by atoms with Gasteiger partial charge in [-0.05, 0) is 39.3 Å². The van der Waals surface area contributed by atoms with E-state index in [1.807, 2.05) is 26.8 Å². The van der Waals surface area contributed by atoms with Gasteiger partial charge in [0.2, 0.25) is 0 Å². The normalized spacial score (nSPS) is 10.6. The van der Waals surface area contributed by atoms with Crippen molar-refractivity contribution < 1.29 is 9.53 Å². The summed E-state index contributed by atoms with van der Waals surface area (Å²) in [4.78, 5) is 20.7. The van der Waals surface area contributed by atoms with Crippen molar-refractivity contribution in [3.63, 3.8) is 0 Å². The lowest BCUT2D eigenvalue weighted by molar-refractivity contribution is 0.0937. The minimum Gasteiger partial charge on any atom is -0.495 e. The Bertz CT molecular complexity index is 762. The number of ether oxygens (including phenoxy) is 1. The highest BCUT2D eigenvalue weighted by Crippen LogP contribution is 2.32. The quantitative estimate of drug-likeness (QED) is 0.862. The molecule has 0 atom stereocenters. The van der Waals surface area contributed by atoms with Gasteiger partial charge in [-0.3, -0.25) is 4.79 Å². The number of amides is 1. The van der Waals surface area contributed by atoms with Crippen LogP contribution in [0.4, 0.5) is 11.5 Å². The molecule has 128 valence electrons. The Morgan fingerprint density at radius 3 is 2.54 bits per heavy atom. The van der Waals surface area contributed by atoms with Gasteiger partial charge < -0.3 is 15.4 Å². The van der Waals surface area contributed by atoms with E-state index in [-0.39, 0.29) is 11.9 Å². The van der Waals surface area contributed by atoms with Gasteiger partial charge in [0.25, 0.3) is 5.91 Å². The summed E-state index contributed by atoms with van der Waals surface area (Å²) < 4.78 is 5.34. The zero-order valence-electron chi connectivity index (χ0n) is 14.4. The zero-order chi connectivity index (χ0) is 17.9. The second-order valence-corrected chi connectivity index (χ2v) is 6.15. The second kappa shape index (κ2) is 7.49. The summed E-state index contributed by atoms with van der Waals surface area (Å²) in [5.41, 5.74) is 1.93. The Morgan fingerprint density at radius 2 is 1.92 bits per heavy atom. The number of hydrogen-bond acceptors (Lipinski definition) is 5. The van der Waals surface area contributed by atoms with Crippen molar-refractivity contribution in [2.75, 3.05) is 12.4 Å². The van der Waals surface area contributed by atoms with Crippen LogP contribution in [0, 0.1) is 13.8 Å². The van der Waals surface area contributed by atoms with Gasteiger partial charge in [0, 0.05) is 23.2 Å². The first-order valence-corrected chi connectivity index (χ1v) is 7.95. The maximum absolute atomic E-state index is 12.2. The molecule has 1 heterocycles. The fourth-order valence-electron chi connectivity index (χ4n) is 2.15. The third-order valence-corrected chi connectivity index (χ3v) is 3.64. The highest BCUT2D eigenvalue weighted by Gasteiger charge is 2.13. The number of halogens is 1. The number of carbonyl (C=O) groups excluding carboxylic acids is 1. The summed E-state index contributed by atoms with van der Waals surface area (Å²) in [6.45, 7) is 7.43. The van der Waals surface area contributed by atoms with Gasteiger partial charge in [0.15, 0.2) is 0 Å². The maximum atomic E-state index is 12.2. The van der Waals surface area contributed by atoms with Crippen molar-refractivity contribution in [3.05, 3.63) is 40.3 Å². The molecule has 0 aliphatic carbocycles.